The van der Waals surface area contributed by atoms with Gasteiger partial charge >= 0.3 is 12.1 Å². The fourth-order valence-electron chi connectivity index (χ4n) is 4.12. The monoisotopic (exact) mass is 422 g/mol. The Morgan fingerprint density at radius 2 is 1.81 bits per heavy atom. The first kappa shape index (κ1) is 21.2. The van der Waals surface area contributed by atoms with Crippen molar-refractivity contribution in [1.29, 1.82) is 0 Å². The van der Waals surface area contributed by atoms with Crippen molar-refractivity contribution in [3.63, 3.8) is 0 Å². The highest BCUT2D eigenvalue weighted by atomic mass is 16.6. The summed E-state index contributed by atoms with van der Waals surface area (Å²) in [6.45, 7) is 10.3. The van der Waals surface area contributed by atoms with Crippen LogP contribution in [0.15, 0.2) is 42.5 Å². The van der Waals surface area contributed by atoms with E-state index in [9.17, 15) is 9.59 Å². The molecule has 0 N–H and O–H groups in total. The molecule has 0 radical (unpaired) electrons. The zero-order chi connectivity index (χ0) is 22.2. The van der Waals surface area contributed by atoms with E-state index in [1.54, 1.807) is 4.90 Å². The van der Waals surface area contributed by atoms with Crippen molar-refractivity contribution in [3.8, 4) is 0 Å². The topological polar surface area (TPSA) is 59.1 Å². The van der Waals surface area contributed by atoms with Crippen LogP contribution in [0.5, 0.6) is 0 Å². The number of anilines is 1. The number of benzene rings is 2. The van der Waals surface area contributed by atoms with Crippen molar-refractivity contribution in [2.24, 2.45) is 0 Å². The van der Waals surface area contributed by atoms with Crippen molar-refractivity contribution < 1.29 is 19.1 Å². The maximum atomic E-state index is 12.6. The van der Waals surface area contributed by atoms with Crippen LogP contribution >= 0.6 is 0 Å². The van der Waals surface area contributed by atoms with Gasteiger partial charge in [0.15, 0.2) is 0 Å². The zero-order valence-corrected chi connectivity index (χ0v) is 18.7. The third-order valence-electron chi connectivity index (χ3n) is 5.82. The van der Waals surface area contributed by atoms with E-state index in [1.165, 1.54) is 11.1 Å². The summed E-state index contributed by atoms with van der Waals surface area (Å²) in [6, 6.07) is 14.2. The molecule has 1 unspecified atom stereocenters. The van der Waals surface area contributed by atoms with Crippen molar-refractivity contribution in [3.05, 3.63) is 64.7 Å². The lowest BCUT2D eigenvalue weighted by Crippen LogP contribution is -2.50. The molecule has 0 aromatic heterocycles. The van der Waals surface area contributed by atoms with Crippen LogP contribution in [0.4, 0.5) is 10.5 Å². The van der Waals surface area contributed by atoms with Crippen molar-refractivity contribution in [2.75, 3.05) is 31.1 Å². The molecule has 164 valence electrons. The molecule has 0 aliphatic carbocycles. The average molecular weight is 423 g/mol. The van der Waals surface area contributed by atoms with Crippen molar-refractivity contribution >= 4 is 17.7 Å². The molecule has 2 aliphatic heterocycles. The van der Waals surface area contributed by atoms with Crippen LogP contribution in [0.25, 0.3) is 0 Å². The molecule has 2 aromatic carbocycles. The van der Waals surface area contributed by atoms with E-state index in [4.69, 9.17) is 9.47 Å². The van der Waals surface area contributed by atoms with Crippen LogP contribution in [0.2, 0.25) is 0 Å². The Labute approximate surface area is 183 Å². The first-order valence-corrected chi connectivity index (χ1v) is 10.8. The summed E-state index contributed by atoms with van der Waals surface area (Å²) < 4.78 is 11.2. The number of carbonyl (C=O) groups is 2. The number of hydrogen-bond donors (Lipinski definition) is 0. The van der Waals surface area contributed by atoms with Gasteiger partial charge in [0.25, 0.3) is 0 Å². The molecule has 1 atom stereocenters. The molecule has 1 fully saturated rings. The van der Waals surface area contributed by atoms with Gasteiger partial charge in [-0.2, -0.15) is 0 Å². The van der Waals surface area contributed by atoms with Gasteiger partial charge in [-0.25, -0.2) is 9.59 Å². The number of cyclic esters (lactones) is 1. The SMILES string of the molecule is Cc1ccccc1CC1OC(=O)c2cc(N3CCN(C(=O)OC(C)(C)C)CC3)ccc21. The summed E-state index contributed by atoms with van der Waals surface area (Å²) >= 11 is 0. The Balaban J connectivity index is 1.43. The highest BCUT2D eigenvalue weighted by Crippen LogP contribution is 2.36. The van der Waals surface area contributed by atoms with E-state index in [0.29, 0.717) is 38.2 Å². The highest BCUT2D eigenvalue weighted by molar-refractivity contribution is 5.95. The number of piperazine rings is 1. The van der Waals surface area contributed by atoms with Crippen LogP contribution in [-0.2, 0) is 15.9 Å². The molecule has 1 amide bonds. The summed E-state index contributed by atoms with van der Waals surface area (Å²) in [5.41, 5.74) is 4.47. The van der Waals surface area contributed by atoms with Gasteiger partial charge < -0.3 is 19.3 Å². The maximum Gasteiger partial charge on any atom is 0.410 e. The Morgan fingerprint density at radius 1 is 1.10 bits per heavy atom. The Hall–Kier alpha value is -3.02. The predicted molar refractivity (Wildman–Crippen MR) is 120 cm³/mol. The summed E-state index contributed by atoms with van der Waals surface area (Å²) in [6.07, 6.45) is 0.157. The lowest BCUT2D eigenvalue weighted by atomic mass is 9.96. The summed E-state index contributed by atoms with van der Waals surface area (Å²) in [5.74, 6) is -0.261. The normalized spacial score (nSPS) is 18.6. The van der Waals surface area contributed by atoms with Crippen molar-refractivity contribution in [1.82, 2.24) is 4.90 Å². The number of nitrogens with zero attached hydrogens (tertiary/aromatic N) is 2. The molecule has 6 heteroatoms. The van der Waals surface area contributed by atoms with E-state index < -0.39 is 5.60 Å². The first-order chi connectivity index (χ1) is 14.7. The Morgan fingerprint density at radius 3 is 2.48 bits per heavy atom. The third kappa shape index (κ3) is 4.68. The number of ether oxygens (including phenoxy) is 2. The number of esters is 1. The Bertz CT molecular complexity index is 987. The van der Waals surface area contributed by atoms with Gasteiger partial charge in [0.05, 0.1) is 5.56 Å². The maximum absolute atomic E-state index is 12.6. The third-order valence-corrected chi connectivity index (χ3v) is 5.82. The smallest absolute Gasteiger partial charge is 0.410 e. The van der Waals surface area contributed by atoms with Crippen LogP contribution in [0, 0.1) is 6.92 Å². The van der Waals surface area contributed by atoms with Crippen molar-refractivity contribution in [2.45, 2.75) is 45.8 Å². The lowest BCUT2D eigenvalue weighted by Gasteiger charge is -2.36. The minimum atomic E-state index is -0.497. The van der Waals surface area contributed by atoms with Gasteiger partial charge in [-0.15, -0.1) is 0 Å². The van der Waals surface area contributed by atoms with Crippen LogP contribution in [-0.4, -0.2) is 48.7 Å². The van der Waals surface area contributed by atoms with E-state index in [1.807, 2.05) is 45.0 Å². The van der Waals surface area contributed by atoms with Crippen LogP contribution in [0.3, 0.4) is 0 Å². The number of rotatable bonds is 3. The highest BCUT2D eigenvalue weighted by Gasteiger charge is 2.33. The van der Waals surface area contributed by atoms with Gasteiger partial charge in [-0.3, -0.25) is 0 Å². The molecule has 0 spiro atoms. The summed E-state index contributed by atoms with van der Waals surface area (Å²) in [5, 5.41) is 0. The van der Waals surface area contributed by atoms with Gasteiger partial charge in [0.1, 0.15) is 11.7 Å². The van der Waals surface area contributed by atoms with E-state index >= 15 is 0 Å². The fraction of sp³-hybridized carbons (Fsp3) is 0.440. The largest absolute Gasteiger partial charge is 0.454 e. The molecular weight excluding hydrogens is 392 g/mol. The standard InChI is InChI=1S/C25H30N2O4/c1-17-7-5-6-8-18(17)15-22-20-10-9-19(16-21(20)23(28)30-22)26-11-13-27(14-12-26)24(29)31-25(2,3)4/h5-10,16,22H,11-15H2,1-4H3. The molecule has 2 aliphatic rings. The fourth-order valence-corrected chi connectivity index (χ4v) is 4.12. The molecule has 0 bridgehead atoms. The minimum absolute atomic E-state index is 0.248. The second kappa shape index (κ2) is 8.25. The van der Waals surface area contributed by atoms with Gasteiger partial charge in [-0.05, 0) is 51.0 Å². The number of hydrogen-bond acceptors (Lipinski definition) is 5. The van der Waals surface area contributed by atoms with E-state index in [-0.39, 0.29) is 18.2 Å². The second-order valence-electron chi connectivity index (χ2n) is 9.25. The zero-order valence-electron chi connectivity index (χ0n) is 18.7. The van der Waals surface area contributed by atoms with Crippen LogP contribution in [0.1, 0.15) is 53.9 Å². The Kier molecular flexibility index (Phi) is 5.65. The number of amides is 1. The average Bonchev–Trinajstić information content (AvgIpc) is 3.03. The number of aryl methyl sites for hydroxylation is 1. The molecule has 0 saturated carbocycles. The predicted octanol–water partition coefficient (Wildman–Crippen LogP) is 4.51. The van der Waals surface area contributed by atoms with E-state index in [2.05, 4.69) is 30.0 Å². The molecule has 6 nitrogen and oxygen atoms in total. The second-order valence-corrected chi connectivity index (χ2v) is 9.25. The summed E-state index contributed by atoms with van der Waals surface area (Å²) in [4.78, 5) is 28.8. The molecular formula is C25H30N2O4. The lowest BCUT2D eigenvalue weighted by molar-refractivity contribution is 0.0240. The first-order valence-electron chi connectivity index (χ1n) is 10.8. The molecule has 2 heterocycles. The summed E-state index contributed by atoms with van der Waals surface area (Å²) in [7, 11) is 0. The van der Waals surface area contributed by atoms with E-state index in [0.717, 1.165) is 11.3 Å². The molecule has 4 rings (SSSR count). The molecule has 2 aromatic rings. The van der Waals surface area contributed by atoms with Gasteiger partial charge in [0.2, 0.25) is 0 Å². The van der Waals surface area contributed by atoms with Gasteiger partial charge in [0, 0.05) is 43.9 Å². The van der Waals surface area contributed by atoms with Gasteiger partial charge in [-0.1, -0.05) is 30.3 Å². The van der Waals surface area contributed by atoms with Crippen LogP contribution < -0.4 is 4.90 Å². The molecule has 1 saturated heterocycles. The number of carbonyl (C=O) groups excluding carboxylic acids is 2. The number of fused-ring (bicyclic) bond motifs is 1. The quantitative estimate of drug-likeness (QED) is 0.682. The minimum Gasteiger partial charge on any atom is -0.454 e. The molecule has 31 heavy (non-hydrogen) atoms.